The minimum Gasteiger partial charge on any atom is -0.291 e. The first-order valence-corrected chi connectivity index (χ1v) is 5.74. The van der Waals surface area contributed by atoms with E-state index in [0.717, 1.165) is 18.2 Å². The minimum atomic E-state index is -0.391. The van der Waals surface area contributed by atoms with Crippen LogP contribution >= 0.6 is 15.9 Å². The van der Waals surface area contributed by atoms with Gasteiger partial charge < -0.3 is 0 Å². The van der Waals surface area contributed by atoms with E-state index in [-0.39, 0.29) is 22.9 Å². The maximum Gasteiger partial charge on any atom is 0.205 e. The lowest BCUT2D eigenvalue weighted by molar-refractivity contribution is -0.141. The predicted molar refractivity (Wildman–Crippen MR) is 52.7 cm³/mol. The molecule has 2 bridgehead atoms. The third-order valence-electron chi connectivity index (χ3n) is 4.28. The highest BCUT2D eigenvalue weighted by molar-refractivity contribution is 9.09. The molecule has 2 saturated carbocycles. The van der Waals surface area contributed by atoms with Crippen LogP contribution in [0.2, 0.25) is 0 Å². The van der Waals surface area contributed by atoms with Gasteiger partial charge in [0, 0.05) is 22.1 Å². The molecule has 2 aliphatic rings. The van der Waals surface area contributed by atoms with Crippen molar-refractivity contribution in [1.82, 2.24) is 0 Å². The summed E-state index contributed by atoms with van der Waals surface area (Å²) in [6.07, 6.45) is 1.77. The van der Waals surface area contributed by atoms with Gasteiger partial charge in [-0.1, -0.05) is 29.8 Å². The third kappa shape index (κ3) is 0.797. The first-order chi connectivity index (χ1) is 5.97. The van der Waals surface area contributed by atoms with Gasteiger partial charge in [0.1, 0.15) is 0 Å². The topological polar surface area (TPSA) is 34.1 Å². The predicted octanol–water partition coefficient (Wildman–Crippen LogP) is 1.96. The van der Waals surface area contributed by atoms with Crippen LogP contribution < -0.4 is 0 Å². The normalized spacial score (nSPS) is 49.0. The molecule has 0 radical (unpaired) electrons. The van der Waals surface area contributed by atoms with E-state index in [2.05, 4.69) is 22.9 Å². The van der Waals surface area contributed by atoms with Gasteiger partial charge in [0.05, 0.1) is 0 Å². The van der Waals surface area contributed by atoms with Gasteiger partial charge in [-0.3, -0.25) is 9.59 Å². The monoisotopic (exact) mass is 244 g/mol. The van der Waals surface area contributed by atoms with Crippen molar-refractivity contribution in [2.45, 2.75) is 26.7 Å². The lowest BCUT2D eigenvalue weighted by Crippen LogP contribution is -2.36. The van der Waals surface area contributed by atoms with Crippen molar-refractivity contribution in [1.29, 1.82) is 0 Å². The fraction of sp³-hybridized carbons (Fsp3) is 0.800. The second-order valence-corrected chi connectivity index (χ2v) is 5.23. The summed E-state index contributed by atoms with van der Waals surface area (Å²) in [6, 6.07) is 0. The van der Waals surface area contributed by atoms with E-state index in [1.807, 2.05) is 6.92 Å². The Kier molecular flexibility index (Phi) is 1.76. The van der Waals surface area contributed by atoms with Crippen LogP contribution in [0.4, 0.5) is 0 Å². The Bertz CT molecular complexity index is 299. The molecule has 0 saturated heterocycles. The van der Waals surface area contributed by atoms with E-state index in [9.17, 15) is 9.59 Å². The zero-order valence-corrected chi connectivity index (χ0v) is 9.48. The molecule has 0 spiro atoms. The molecule has 0 aromatic heterocycles. The number of fused-ring (bicyclic) bond motifs is 2. The summed E-state index contributed by atoms with van der Waals surface area (Å²) in [5, 5.41) is 0.749. The van der Waals surface area contributed by atoms with Crippen molar-refractivity contribution < 1.29 is 9.59 Å². The highest BCUT2D eigenvalue weighted by Gasteiger charge is 2.67. The molecule has 0 amide bonds. The first-order valence-electron chi connectivity index (χ1n) is 4.62. The highest BCUT2D eigenvalue weighted by atomic mass is 79.9. The van der Waals surface area contributed by atoms with Gasteiger partial charge in [0.15, 0.2) is 0 Å². The lowest BCUT2D eigenvalue weighted by atomic mass is 9.70. The van der Waals surface area contributed by atoms with E-state index in [4.69, 9.17) is 0 Å². The van der Waals surface area contributed by atoms with Gasteiger partial charge in [0.2, 0.25) is 11.6 Å². The van der Waals surface area contributed by atoms with Crippen LogP contribution in [0.25, 0.3) is 0 Å². The van der Waals surface area contributed by atoms with Crippen LogP contribution in [0.3, 0.4) is 0 Å². The van der Waals surface area contributed by atoms with Crippen LogP contribution in [-0.2, 0) is 9.59 Å². The summed E-state index contributed by atoms with van der Waals surface area (Å²) < 4.78 is 0. The van der Waals surface area contributed by atoms with Crippen molar-refractivity contribution >= 4 is 27.5 Å². The van der Waals surface area contributed by atoms with Crippen LogP contribution in [0, 0.1) is 16.7 Å². The molecule has 72 valence electrons. The average molecular weight is 245 g/mol. The van der Waals surface area contributed by atoms with Gasteiger partial charge in [-0.2, -0.15) is 0 Å². The molecular formula is C10H13BrO2. The summed E-state index contributed by atoms with van der Waals surface area (Å²) >= 11 is 3.44. The van der Waals surface area contributed by atoms with Crippen molar-refractivity contribution in [3.8, 4) is 0 Å². The number of Topliss-reactive ketones (excluding diaryl/α,β-unsaturated/α-hetero) is 2. The SMILES string of the molecule is C[C@@]12CC[C@H](C(=O)C1=O)[C@@]2(C)CBr. The van der Waals surface area contributed by atoms with Gasteiger partial charge in [-0.15, -0.1) is 0 Å². The third-order valence-corrected chi connectivity index (χ3v) is 5.45. The van der Waals surface area contributed by atoms with E-state index >= 15 is 0 Å². The van der Waals surface area contributed by atoms with Crippen molar-refractivity contribution in [3.63, 3.8) is 0 Å². The van der Waals surface area contributed by atoms with E-state index in [1.165, 1.54) is 0 Å². The lowest BCUT2D eigenvalue weighted by Gasteiger charge is -2.33. The Morgan fingerprint density at radius 2 is 2.08 bits per heavy atom. The molecule has 2 nitrogen and oxygen atoms in total. The van der Waals surface area contributed by atoms with Crippen LogP contribution in [0.1, 0.15) is 26.7 Å². The molecule has 0 aliphatic heterocycles. The smallest absolute Gasteiger partial charge is 0.205 e. The Hall–Kier alpha value is -0.180. The second kappa shape index (κ2) is 2.44. The molecule has 0 N–H and O–H groups in total. The molecule has 3 heteroatoms. The van der Waals surface area contributed by atoms with Crippen molar-refractivity contribution in [2.24, 2.45) is 16.7 Å². The van der Waals surface area contributed by atoms with Crippen molar-refractivity contribution in [3.05, 3.63) is 0 Å². The summed E-state index contributed by atoms with van der Waals surface area (Å²) in [7, 11) is 0. The summed E-state index contributed by atoms with van der Waals surface area (Å²) in [5.41, 5.74) is -0.528. The Labute approximate surface area is 86.2 Å². The summed E-state index contributed by atoms with van der Waals surface area (Å²) in [5.74, 6) is -0.286. The fourth-order valence-corrected chi connectivity index (χ4v) is 3.90. The number of hydrogen-bond donors (Lipinski definition) is 0. The quantitative estimate of drug-likeness (QED) is 0.522. The zero-order valence-electron chi connectivity index (χ0n) is 7.89. The number of carbonyl (C=O) groups excluding carboxylic acids is 2. The number of carbonyl (C=O) groups is 2. The van der Waals surface area contributed by atoms with E-state index < -0.39 is 5.41 Å². The number of rotatable bonds is 1. The molecule has 3 atom stereocenters. The number of alkyl halides is 1. The molecule has 0 unspecified atom stereocenters. The molecule has 2 fully saturated rings. The molecular weight excluding hydrogens is 232 g/mol. The average Bonchev–Trinajstić information content (AvgIpc) is 2.44. The Morgan fingerprint density at radius 3 is 2.38 bits per heavy atom. The van der Waals surface area contributed by atoms with Gasteiger partial charge in [-0.05, 0) is 12.8 Å². The Balaban J connectivity index is 2.55. The largest absolute Gasteiger partial charge is 0.291 e. The molecule has 0 aromatic carbocycles. The zero-order chi connectivity index (χ0) is 9.85. The maximum absolute atomic E-state index is 11.7. The van der Waals surface area contributed by atoms with E-state index in [0.29, 0.717) is 0 Å². The van der Waals surface area contributed by atoms with E-state index in [1.54, 1.807) is 0 Å². The fourth-order valence-electron chi connectivity index (χ4n) is 2.89. The summed E-state index contributed by atoms with van der Waals surface area (Å²) in [6.45, 7) is 4.00. The van der Waals surface area contributed by atoms with Gasteiger partial charge in [-0.25, -0.2) is 0 Å². The second-order valence-electron chi connectivity index (χ2n) is 4.67. The molecule has 13 heavy (non-hydrogen) atoms. The number of halogens is 1. The summed E-state index contributed by atoms with van der Waals surface area (Å²) in [4.78, 5) is 23.3. The van der Waals surface area contributed by atoms with Gasteiger partial charge >= 0.3 is 0 Å². The standard InChI is InChI=1S/C10H13BrO2/c1-9-4-3-6(7(12)8(9)13)10(9,2)5-11/h6H,3-5H2,1-2H3/t6-,9-,10-/m1/s1. The van der Waals surface area contributed by atoms with Crippen LogP contribution in [-0.4, -0.2) is 16.9 Å². The van der Waals surface area contributed by atoms with Gasteiger partial charge in [0.25, 0.3) is 0 Å². The first kappa shape index (κ1) is 9.38. The maximum atomic E-state index is 11.7. The molecule has 0 heterocycles. The van der Waals surface area contributed by atoms with Crippen LogP contribution in [0.15, 0.2) is 0 Å². The number of hydrogen-bond acceptors (Lipinski definition) is 2. The van der Waals surface area contributed by atoms with Crippen molar-refractivity contribution in [2.75, 3.05) is 5.33 Å². The molecule has 2 aliphatic carbocycles. The Morgan fingerprint density at radius 1 is 1.46 bits per heavy atom. The highest BCUT2D eigenvalue weighted by Crippen LogP contribution is 2.62. The minimum absolute atomic E-state index is 0.0237. The number of ketones is 2. The molecule has 0 aromatic rings. The van der Waals surface area contributed by atoms with Crippen LogP contribution in [0.5, 0.6) is 0 Å². The molecule has 2 rings (SSSR count).